The highest BCUT2D eigenvalue weighted by Crippen LogP contribution is 2.04. The van der Waals surface area contributed by atoms with Gasteiger partial charge in [-0.2, -0.15) is 10.2 Å². The van der Waals surface area contributed by atoms with E-state index in [1.807, 2.05) is 16.3 Å². The molecule has 0 atom stereocenters. The molecule has 0 spiro atoms. The number of aliphatic hydroxyl groups is 1. The molecular weight excluding hydrogens is 230 g/mol. The van der Waals surface area contributed by atoms with Gasteiger partial charge in [-0.3, -0.25) is 4.68 Å². The van der Waals surface area contributed by atoms with Crippen LogP contribution in [0, 0.1) is 13.8 Å². The van der Waals surface area contributed by atoms with Gasteiger partial charge in [-0.1, -0.05) is 0 Å². The van der Waals surface area contributed by atoms with Crippen LogP contribution in [0.1, 0.15) is 23.6 Å². The summed E-state index contributed by atoms with van der Waals surface area (Å²) in [6.45, 7) is 5.74. The third-order valence-corrected chi connectivity index (χ3v) is 2.87. The highest BCUT2D eigenvalue weighted by atomic mass is 16.3. The quantitative estimate of drug-likeness (QED) is 0.819. The summed E-state index contributed by atoms with van der Waals surface area (Å²) >= 11 is 0. The Morgan fingerprint density at radius 2 is 2.06 bits per heavy atom. The van der Waals surface area contributed by atoms with Gasteiger partial charge < -0.3 is 5.11 Å². The molecule has 6 heteroatoms. The highest BCUT2D eigenvalue weighted by molar-refractivity contribution is 5.06. The first-order chi connectivity index (χ1) is 8.70. The van der Waals surface area contributed by atoms with Crippen LogP contribution in [0.2, 0.25) is 0 Å². The number of hydrogen-bond acceptors (Lipinski definition) is 4. The van der Waals surface area contributed by atoms with Gasteiger partial charge in [0.15, 0.2) is 0 Å². The molecule has 0 bridgehead atoms. The normalized spacial score (nSPS) is 11.1. The van der Waals surface area contributed by atoms with Crippen LogP contribution in [0.4, 0.5) is 0 Å². The Bertz CT molecular complexity index is 502. The van der Waals surface area contributed by atoms with E-state index in [9.17, 15) is 0 Å². The molecule has 2 aromatic rings. The smallest absolute Gasteiger partial charge is 0.138 e. The van der Waals surface area contributed by atoms with Gasteiger partial charge in [-0.05, 0) is 26.3 Å². The summed E-state index contributed by atoms with van der Waals surface area (Å²) in [5.41, 5.74) is 2.20. The van der Waals surface area contributed by atoms with E-state index in [2.05, 4.69) is 28.2 Å². The Morgan fingerprint density at radius 3 is 2.72 bits per heavy atom. The number of aromatic nitrogens is 5. The van der Waals surface area contributed by atoms with E-state index in [1.165, 1.54) is 0 Å². The van der Waals surface area contributed by atoms with Crippen molar-refractivity contribution in [2.24, 2.45) is 0 Å². The van der Waals surface area contributed by atoms with Gasteiger partial charge in [-0.25, -0.2) is 9.67 Å². The summed E-state index contributed by atoms with van der Waals surface area (Å²) in [5.74, 6) is 0.941. The minimum atomic E-state index is 0.177. The van der Waals surface area contributed by atoms with Crippen molar-refractivity contribution in [3.63, 3.8) is 0 Å². The predicted molar refractivity (Wildman–Crippen MR) is 67.1 cm³/mol. The molecule has 0 aliphatic heterocycles. The third-order valence-electron chi connectivity index (χ3n) is 2.87. The van der Waals surface area contributed by atoms with Crippen LogP contribution >= 0.6 is 0 Å². The molecule has 2 aromatic heterocycles. The number of aryl methyl sites for hydroxylation is 5. The molecular formula is C12H19N5O. The molecule has 0 aliphatic carbocycles. The average Bonchev–Trinajstić information content (AvgIpc) is 2.90. The lowest BCUT2D eigenvalue weighted by atomic mass is 10.3. The largest absolute Gasteiger partial charge is 0.396 e. The number of rotatable bonds is 6. The lowest BCUT2D eigenvalue weighted by molar-refractivity contribution is 0.275. The van der Waals surface area contributed by atoms with Crippen molar-refractivity contribution in [1.29, 1.82) is 0 Å². The van der Waals surface area contributed by atoms with Crippen LogP contribution in [-0.4, -0.2) is 36.3 Å². The summed E-state index contributed by atoms with van der Waals surface area (Å²) < 4.78 is 3.84. The summed E-state index contributed by atoms with van der Waals surface area (Å²) in [4.78, 5) is 4.25. The zero-order chi connectivity index (χ0) is 13.0. The third kappa shape index (κ3) is 2.95. The molecule has 0 amide bonds. The van der Waals surface area contributed by atoms with Crippen LogP contribution in [0.5, 0.6) is 0 Å². The number of hydrogen-bond donors (Lipinski definition) is 1. The van der Waals surface area contributed by atoms with E-state index in [4.69, 9.17) is 5.11 Å². The van der Waals surface area contributed by atoms with Gasteiger partial charge in [0.05, 0.1) is 5.69 Å². The maximum atomic E-state index is 8.83. The number of aliphatic hydroxyl groups excluding tert-OH is 1. The SMILES string of the molecule is Cc1cc(C)n(CCc2ncnn2CCCO)n1. The molecule has 0 aliphatic rings. The molecule has 2 rings (SSSR count). The van der Waals surface area contributed by atoms with Gasteiger partial charge in [0, 0.05) is 31.8 Å². The molecule has 0 aromatic carbocycles. The lowest BCUT2D eigenvalue weighted by Crippen LogP contribution is -2.12. The van der Waals surface area contributed by atoms with E-state index in [0.717, 1.165) is 30.2 Å². The van der Waals surface area contributed by atoms with Crippen molar-refractivity contribution in [1.82, 2.24) is 24.5 Å². The Hall–Kier alpha value is -1.69. The first-order valence-electron chi connectivity index (χ1n) is 6.19. The standard InChI is InChI=1S/C12H19N5O/c1-10-8-11(2)16(15-10)6-4-12-13-9-14-17(12)5-3-7-18/h8-9,18H,3-7H2,1-2H3. The van der Waals surface area contributed by atoms with Gasteiger partial charge in [0.25, 0.3) is 0 Å². The van der Waals surface area contributed by atoms with E-state index < -0.39 is 0 Å². The minimum Gasteiger partial charge on any atom is -0.396 e. The Balaban J connectivity index is 1.97. The maximum Gasteiger partial charge on any atom is 0.138 e. The van der Waals surface area contributed by atoms with Crippen molar-refractivity contribution < 1.29 is 5.11 Å². The molecule has 1 N–H and O–H groups in total. The zero-order valence-electron chi connectivity index (χ0n) is 10.9. The summed E-state index contributed by atoms with van der Waals surface area (Å²) in [7, 11) is 0. The van der Waals surface area contributed by atoms with Crippen molar-refractivity contribution in [2.75, 3.05) is 6.61 Å². The van der Waals surface area contributed by atoms with Gasteiger partial charge >= 0.3 is 0 Å². The van der Waals surface area contributed by atoms with Crippen LogP contribution < -0.4 is 0 Å². The number of nitrogens with zero attached hydrogens (tertiary/aromatic N) is 5. The Labute approximate surface area is 106 Å². The monoisotopic (exact) mass is 249 g/mol. The molecule has 2 heterocycles. The first kappa shape index (κ1) is 12.8. The molecule has 18 heavy (non-hydrogen) atoms. The van der Waals surface area contributed by atoms with E-state index in [1.54, 1.807) is 6.33 Å². The Morgan fingerprint density at radius 1 is 1.22 bits per heavy atom. The average molecular weight is 249 g/mol. The van der Waals surface area contributed by atoms with Gasteiger partial charge in [0.2, 0.25) is 0 Å². The van der Waals surface area contributed by atoms with Crippen LogP contribution in [0.25, 0.3) is 0 Å². The fourth-order valence-corrected chi connectivity index (χ4v) is 2.00. The lowest BCUT2D eigenvalue weighted by Gasteiger charge is -2.06. The van der Waals surface area contributed by atoms with Crippen LogP contribution in [0.3, 0.4) is 0 Å². The first-order valence-corrected chi connectivity index (χ1v) is 6.19. The van der Waals surface area contributed by atoms with Crippen LogP contribution in [0.15, 0.2) is 12.4 Å². The fraction of sp³-hybridized carbons (Fsp3) is 0.583. The predicted octanol–water partition coefficient (Wildman–Crippen LogP) is 0.717. The Kier molecular flexibility index (Phi) is 4.09. The van der Waals surface area contributed by atoms with Crippen molar-refractivity contribution in [2.45, 2.75) is 39.8 Å². The van der Waals surface area contributed by atoms with Crippen molar-refractivity contribution in [3.8, 4) is 0 Å². The second kappa shape index (κ2) is 5.77. The molecule has 0 saturated carbocycles. The fourth-order valence-electron chi connectivity index (χ4n) is 2.00. The molecule has 98 valence electrons. The summed E-state index contributed by atoms with van der Waals surface area (Å²) in [6.07, 6.45) is 3.07. The van der Waals surface area contributed by atoms with E-state index in [-0.39, 0.29) is 6.61 Å². The maximum absolute atomic E-state index is 8.83. The second-order valence-corrected chi connectivity index (χ2v) is 4.38. The molecule has 0 fully saturated rings. The van der Waals surface area contributed by atoms with Crippen LogP contribution in [-0.2, 0) is 19.5 Å². The summed E-state index contributed by atoms with van der Waals surface area (Å²) in [5, 5.41) is 17.4. The molecule has 6 nitrogen and oxygen atoms in total. The van der Waals surface area contributed by atoms with Gasteiger partial charge in [-0.15, -0.1) is 0 Å². The topological polar surface area (TPSA) is 68.8 Å². The molecule has 0 radical (unpaired) electrons. The van der Waals surface area contributed by atoms with E-state index in [0.29, 0.717) is 13.0 Å². The zero-order valence-corrected chi connectivity index (χ0v) is 10.9. The highest BCUT2D eigenvalue weighted by Gasteiger charge is 2.06. The minimum absolute atomic E-state index is 0.177. The van der Waals surface area contributed by atoms with Crippen molar-refractivity contribution in [3.05, 3.63) is 29.6 Å². The summed E-state index contributed by atoms with van der Waals surface area (Å²) in [6, 6.07) is 2.07. The van der Waals surface area contributed by atoms with Crippen molar-refractivity contribution >= 4 is 0 Å². The van der Waals surface area contributed by atoms with Gasteiger partial charge in [0.1, 0.15) is 12.2 Å². The molecule has 0 saturated heterocycles. The van der Waals surface area contributed by atoms with E-state index >= 15 is 0 Å². The second-order valence-electron chi connectivity index (χ2n) is 4.38. The molecule has 0 unspecified atom stereocenters.